The van der Waals surface area contributed by atoms with Gasteiger partial charge in [0, 0.05) is 4.83 Å². The van der Waals surface area contributed by atoms with E-state index in [0.29, 0.717) is 0 Å². The molecule has 0 heterocycles. The molecule has 4 aliphatic rings. The molecule has 0 saturated heterocycles. The molecule has 0 aliphatic heterocycles. The van der Waals surface area contributed by atoms with Gasteiger partial charge in [-0.05, 0) is 36.5 Å². The minimum absolute atomic E-state index is 0.875. The lowest BCUT2D eigenvalue weighted by molar-refractivity contribution is 0.309. The van der Waals surface area contributed by atoms with Crippen molar-refractivity contribution < 1.29 is 0 Å². The molecule has 0 aromatic carbocycles. The molecule has 2 saturated carbocycles. The van der Waals surface area contributed by atoms with Crippen LogP contribution in [0.2, 0.25) is 0 Å². The SMILES string of the molecule is BrC1C2C3C=CC(CC3)C12. The highest BCUT2D eigenvalue weighted by Crippen LogP contribution is 2.62. The second kappa shape index (κ2) is 1.69. The van der Waals surface area contributed by atoms with Gasteiger partial charge in [-0.25, -0.2) is 0 Å². The van der Waals surface area contributed by atoms with Crippen LogP contribution in [-0.4, -0.2) is 4.83 Å². The first kappa shape index (κ1) is 5.82. The Morgan fingerprint density at radius 2 is 1.50 bits per heavy atom. The number of allylic oxidation sites excluding steroid dienone is 2. The molecule has 2 fully saturated rings. The summed E-state index contributed by atoms with van der Waals surface area (Å²) in [7, 11) is 0. The zero-order valence-corrected chi connectivity index (χ0v) is 7.42. The summed E-state index contributed by atoms with van der Waals surface area (Å²) in [6, 6.07) is 0. The van der Waals surface area contributed by atoms with Crippen LogP contribution in [0.1, 0.15) is 12.8 Å². The van der Waals surface area contributed by atoms with Crippen LogP contribution in [0.25, 0.3) is 0 Å². The zero-order chi connectivity index (χ0) is 6.72. The van der Waals surface area contributed by atoms with Gasteiger partial charge in [-0.2, -0.15) is 0 Å². The van der Waals surface area contributed by atoms with Crippen molar-refractivity contribution in [2.45, 2.75) is 17.7 Å². The van der Waals surface area contributed by atoms with E-state index in [4.69, 9.17) is 0 Å². The molecule has 4 unspecified atom stereocenters. The van der Waals surface area contributed by atoms with Crippen LogP contribution < -0.4 is 0 Å². The predicted octanol–water partition coefficient (Wildman–Crippen LogP) is 2.59. The maximum Gasteiger partial charge on any atom is 0.0220 e. The van der Waals surface area contributed by atoms with Crippen molar-refractivity contribution in [3.63, 3.8) is 0 Å². The van der Waals surface area contributed by atoms with Crippen molar-refractivity contribution in [2.75, 3.05) is 0 Å². The summed E-state index contributed by atoms with van der Waals surface area (Å²) < 4.78 is 0. The normalized spacial score (nSPS) is 62.3. The molecule has 0 aromatic heterocycles. The summed E-state index contributed by atoms with van der Waals surface area (Å²) in [6.07, 6.45) is 7.84. The average Bonchev–Trinajstić information content (AvgIpc) is 2.68. The monoisotopic (exact) mass is 198 g/mol. The van der Waals surface area contributed by atoms with Crippen LogP contribution in [0, 0.1) is 23.7 Å². The fraction of sp³-hybridized carbons (Fsp3) is 0.778. The van der Waals surface area contributed by atoms with Gasteiger partial charge in [-0.15, -0.1) is 0 Å². The fourth-order valence-electron chi connectivity index (χ4n) is 2.87. The molecule has 0 N–H and O–H groups in total. The van der Waals surface area contributed by atoms with Gasteiger partial charge in [-0.1, -0.05) is 28.1 Å². The summed E-state index contributed by atoms with van der Waals surface area (Å²) in [5.74, 6) is 3.95. The van der Waals surface area contributed by atoms with Crippen molar-refractivity contribution in [1.29, 1.82) is 0 Å². The lowest BCUT2D eigenvalue weighted by atomic mass is 9.76. The molecule has 1 heteroatoms. The second-order valence-electron chi connectivity index (χ2n) is 3.89. The Morgan fingerprint density at radius 1 is 1.00 bits per heavy atom. The minimum atomic E-state index is 0.875. The van der Waals surface area contributed by atoms with Crippen molar-refractivity contribution in [3.05, 3.63) is 12.2 Å². The van der Waals surface area contributed by atoms with Gasteiger partial charge in [0.2, 0.25) is 0 Å². The summed E-state index contributed by atoms with van der Waals surface area (Å²) >= 11 is 3.76. The molecule has 10 heavy (non-hydrogen) atoms. The Hall–Kier alpha value is 0.220. The molecule has 4 rings (SSSR count). The largest absolute Gasteiger partial charge is 0.0884 e. The Bertz CT molecular complexity index is 177. The molecule has 4 aliphatic carbocycles. The quantitative estimate of drug-likeness (QED) is 0.415. The van der Waals surface area contributed by atoms with E-state index in [1.54, 1.807) is 0 Å². The fourth-order valence-corrected chi connectivity index (χ4v) is 4.18. The smallest absolute Gasteiger partial charge is 0.0220 e. The van der Waals surface area contributed by atoms with Crippen LogP contribution in [0.4, 0.5) is 0 Å². The van der Waals surface area contributed by atoms with E-state index in [-0.39, 0.29) is 0 Å². The van der Waals surface area contributed by atoms with E-state index in [1.165, 1.54) is 12.8 Å². The van der Waals surface area contributed by atoms with Gasteiger partial charge in [0.15, 0.2) is 0 Å². The van der Waals surface area contributed by atoms with Crippen molar-refractivity contribution >= 4 is 15.9 Å². The van der Waals surface area contributed by atoms with E-state index in [9.17, 15) is 0 Å². The van der Waals surface area contributed by atoms with E-state index in [1.807, 2.05) is 0 Å². The van der Waals surface area contributed by atoms with Crippen molar-refractivity contribution in [2.24, 2.45) is 23.7 Å². The average molecular weight is 199 g/mol. The van der Waals surface area contributed by atoms with Gasteiger partial charge in [-0.3, -0.25) is 0 Å². The topological polar surface area (TPSA) is 0 Å². The lowest BCUT2D eigenvalue weighted by Crippen LogP contribution is -2.19. The summed E-state index contributed by atoms with van der Waals surface area (Å²) in [6.45, 7) is 0. The molecule has 0 amide bonds. The van der Waals surface area contributed by atoms with Gasteiger partial charge in [0.25, 0.3) is 0 Å². The summed E-state index contributed by atoms with van der Waals surface area (Å²) in [5, 5.41) is 0. The standard InChI is InChI=1S/C9H11Br/c10-9-7-5-1-2-6(4-3-5)8(7)9/h1-2,5-9H,3-4H2. The summed E-state index contributed by atoms with van der Waals surface area (Å²) in [5.41, 5.74) is 0. The van der Waals surface area contributed by atoms with Crippen LogP contribution in [0.15, 0.2) is 12.2 Å². The molecule has 0 aromatic rings. The molecule has 0 radical (unpaired) electrons. The first-order valence-electron chi connectivity index (χ1n) is 4.20. The number of hydrogen-bond acceptors (Lipinski definition) is 0. The number of rotatable bonds is 0. The molecular formula is C9H11Br. The van der Waals surface area contributed by atoms with E-state index >= 15 is 0 Å². The highest BCUT2D eigenvalue weighted by Gasteiger charge is 2.58. The van der Waals surface area contributed by atoms with Gasteiger partial charge in [0.05, 0.1) is 0 Å². The molecular weight excluding hydrogens is 188 g/mol. The molecule has 0 spiro atoms. The van der Waals surface area contributed by atoms with Crippen LogP contribution in [0.5, 0.6) is 0 Å². The second-order valence-corrected chi connectivity index (χ2v) is 4.95. The van der Waals surface area contributed by atoms with Crippen LogP contribution >= 0.6 is 15.9 Å². The Kier molecular flexibility index (Phi) is 0.981. The van der Waals surface area contributed by atoms with Crippen LogP contribution in [-0.2, 0) is 0 Å². The van der Waals surface area contributed by atoms with Gasteiger partial charge < -0.3 is 0 Å². The summed E-state index contributed by atoms with van der Waals surface area (Å²) in [4.78, 5) is 0.875. The molecule has 0 nitrogen and oxygen atoms in total. The third-order valence-electron chi connectivity index (χ3n) is 3.47. The van der Waals surface area contributed by atoms with Crippen molar-refractivity contribution in [3.8, 4) is 0 Å². The zero-order valence-electron chi connectivity index (χ0n) is 5.83. The lowest BCUT2D eigenvalue weighted by Gasteiger charge is -2.28. The minimum Gasteiger partial charge on any atom is -0.0884 e. The highest BCUT2D eigenvalue weighted by atomic mass is 79.9. The van der Waals surface area contributed by atoms with E-state index in [2.05, 4.69) is 28.1 Å². The third-order valence-corrected chi connectivity index (χ3v) is 4.69. The van der Waals surface area contributed by atoms with E-state index < -0.39 is 0 Å². The van der Waals surface area contributed by atoms with Crippen LogP contribution in [0.3, 0.4) is 0 Å². The number of fused-ring (bicyclic) bond motifs is 1. The highest BCUT2D eigenvalue weighted by molar-refractivity contribution is 9.09. The molecule has 4 atom stereocenters. The maximum atomic E-state index is 3.76. The Morgan fingerprint density at radius 3 is 1.80 bits per heavy atom. The maximum absolute atomic E-state index is 3.76. The molecule has 54 valence electrons. The Balaban J connectivity index is 2.00. The first-order valence-corrected chi connectivity index (χ1v) is 5.12. The predicted molar refractivity (Wildman–Crippen MR) is 45.0 cm³/mol. The third kappa shape index (κ3) is 0.538. The number of alkyl halides is 1. The number of halogens is 1. The van der Waals surface area contributed by atoms with Gasteiger partial charge >= 0.3 is 0 Å². The number of hydrogen-bond donors (Lipinski definition) is 0. The van der Waals surface area contributed by atoms with E-state index in [0.717, 1.165) is 28.5 Å². The molecule has 2 bridgehead atoms. The Labute approximate surface area is 69.8 Å². The first-order chi connectivity index (χ1) is 4.88. The van der Waals surface area contributed by atoms with Crippen molar-refractivity contribution in [1.82, 2.24) is 0 Å². The van der Waals surface area contributed by atoms with Gasteiger partial charge in [0.1, 0.15) is 0 Å².